The molecule has 0 unspecified atom stereocenters. The van der Waals surface area contributed by atoms with Gasteiger partial charge in [0.2, 0.25) is 0 Å². The van der Waals surface area contributed by atoms with Crippen LogP contribution in [0.25, 0.3) is 0 Å². The molecule has 0 spiro atoms. The van der Waals surface area contributed by atoms with E-state index in [1.54, 1.807) is 0 Å². The average molecular weight is 289 g/mol. The molecule has 0 aliphatic rings. The largest absolute Gasteiger partial charge is 0.490 e. The van der Waals surface area contributed by atoms with E-state index in [0.717, 1.165) is 23.4 Å². The minimum absolute atomic E-state index is 0.0554. The Balaban J connectivity index is 1.83. The Hall–Kier alpha value is -2.56. The zero-order valence-electron chi connectivity index (χ0n) is 11.6. The standard InChI is InChI=1S/C16H16FNO3/c1-11-4-2-3-5-15(11)20-8-9-21-16(19)13-7-6-12(17)10-14(13)18/h2-7,10H,8-9,18H2,1H3. The van der Waals surface area contributed by atoms with E-state index in [2.05, 4.69) is 0 Å². The number of carbonyl (C=O) groups excluding carboxylic acids is 1. The van der Waals surface area contributed by atoms with Crippen LogP contribution < -0.4 is 10.5 Å². The van der Waals surface area contributed by atoms with E-state index in [0.29, 0.717) is 0 Å². The van der Waals surface area contributed by atoms with Gasteiger partial charge < -0.3 is 15.2 Å². The molecule has 0 atom stereocenters. The van der Waals surface area contributed by atoms with Crippen molar-refractivity contribution in [3.05, 3.63) is 59.4 Å². The van der Waals surface area contributed by atoms with Crippen LogP contribution in [0.4, 0.5) is 10.1 Å². The Morgan fingerprint density at radius 2 is 1.95 bits per heavy atom. The van der Waals surface area contributed by atoms with Crippen molar-refractivity contribution in [2.75, 3.05) is 18.9 Å². The molecule has 21 heavy (non-hydrogen) atoms. The van der Waals surface area contributed by atoms with Gasteiger partial charge in [0, 0.05) is 5.69 Å². The lowest BCUT2D eigenvalue weighted by atomic mass is 10.2. The third kappa shape index (κ3) is 3.95. The van der Waals surface area contributed by atoms with E-state index in [9.17, 15) is 9.18 Å². The van der Waals surface area contributed by atoms with Crippen LogP contribution in [-0.4, -0.2) is 19.2 Å². The van der Waals surface area contributed by atoms with Crippen molar-refractivity contribution in [2.45, 2.75) is 6.92 Å². The number of para-hydroxylation sites is 1. The lowest BCUT2D eigenvalue weighted by Crippen LogP contribution is -2.14. The topological polar surface area (TPSA) is 61.5 Å². The first-order valence-corrected chi connectivity index (χ1v) is 6.48. The predicted molar refractivity (Wildman–Crippen MR) is 77.8 cm³/mol. The maximum atomic E-state index is 12.9. The second-order valence-corrected chi connectivity index (χ2v) is 4.48. The fourth-order valence-electron chi connectivity index (χ4n) is 1.80. The van der Waals surface area contributed by atoms with Crippen molar-refractivity contribution in [3.8, 4) is 5.75 Å². The molecular formula is C16H16FNO3. The Labute approximate surface area is 122 Å². The number of benzene rings is 2. The molecule has 0 radical (unpaired) electrons. The van der Waals surface area contributed by atoms with Crippen LogP contribution in [0.2, 0.25) is 0 Å². The second kappa shape index (κ2) is 6.74. The van der Waals surface area contributed by atoms with Crippen LogP contribution in [0.5, 0.6) is 5.75 Å². The highest BCUT2D eigenvalue weighted by molar-refractivity contribution is 5.94. The number of hydrogen-bond acceptors (Lipinski definition) is 4. The molecule has 0 aromatic heterocycles. The van der Waals surface area contributed by atoms with Gasteiger partial charge in [0.15, 0.2) is 0 Å². The quantitative estimate of drug-likeness (QED) is 0.522. The molecule has 4 nitrogen and oxygen atoms in total. The van der Waals surface area contributed by atoms with Crippen molar-refractivity contribution in [2.24, 2.45) is 0 Å². The number of halogens is 1. The summed E-state index contributed by atoms with van der Waals surface area (Å²) in [5.74, 6) is -0.345. The zero-order valence-corrected chi connectivity index (χ0v) is 11.6. The Bertz CT molecular complexity index is 643. The first kappa shape index (κ1) is 14.8. The minimum Gasteiger partial charge on any atom is -0.490 e. The van der Waals surface area contributed by atoms with E-state index < -0.39 is 11.8 Å². The summed E-state index contributed by atoms with van der Waals surface area (Å²) in [7, 11) is 0. The van der Waals surface area contributed by atoms with E-state index in [1.165, 1.54) is 6.07 Å². The molecule has 0 amide bonds. The maximum absolute atomic E-state index is 12.9. The Morgan fingerprint density at radius 1 is 1.19 bits per heavy atom. The summed E-state index contributed by atoms with van der Waals surface area (Å²) in [4.78, 5) is 11.8. The number of rotatable bonds is 5. The van der Waals surface area contributed by atoms with Crippen molar-refractivity contribution in [1.82, 2.24) is 0 Å². The lowest BCUT2D eigenvalue weighted by Gasteiger charge is -2.10. The molecule has 2 rings (SSSR count). The molecule has 0 saturated carbocycles. The van der Waals surface area contributed by atoms with Gasteiger partial charge in [-0.15, -0.1) is 0 Å². The van der Waals surface area contributed by atoms with E-state index in [1.807, 2.05) is 31.2 Å². The van der Waals surface area contributed by atoms with Crippen LogP contribution in [-0.2, 0) is 4.74 Å². The van der Waals surface area contributed by atoms with Gasteiger partial charge in [0.05, 0.1) is 5.56 Å². The van der Waals surface area contributed by atoms with Gasteiger partial charge in [-0.2, -0.15) is 0 Å². The lowest BCUT2D eigenvalue weighted by molar-refractivity contribution is 0.0451. The highest BCUT2D eigenvalue weighted by atomic mass is 19.1. The number of aryl methyl sites for hydroxylation is 1. The Morgan fingerprint density at radius 3 is 2.67 bits per heavy atom. The Kier molecular flexibility index (Phi) is 4.77. The zero-order chi connectivity index (χ0) is 15.2. The van der Waals surface area contributed by atoms with Gasteiger partial charge in [-0.1, -0.05) is 18.2 Å². The molecule has 0 aliphatic heterocycles. The first-order valence-electron chi connectivity index (χ1n) is 6.48. The van der Waals surface area contributed by atoms with Crippen LogP contribution in [0.3, 0.4) is 0 Å². The van der Waals surface area contributed by atoms with Crippen LogP contribution in [0.15, 0.2) is 42.5 Å². The van der Waals surface area contributed by atoms with Crippen molar-refractivity contribution in [1.29, 1.82) is 0 Å². The van der Waals surface area contributed by atoms with Gasteiger partial charge in [-0.3, -0.25) is 0 Å². The van der Waals surface area contributed by atoms with Gasteiger partial charge in [0.1, 0.15) is 24.8 Å². The highest BCUT2D eigenvalue weighted by Gasteiger charge is 2.11. The maximum Gasteiger partial charge on any atom is 0.340 e. The normalized spacial score (nSPS) is 10.2. The minimum atomic E-state index is -0.596. The molecule has 0 aliphatic carbocycles. The van der Waals surface area contributed by atoms with Gasteiger partial charge in [-0.05, 0) is 36.8 Å². The van der Waals surface area contributed by atoms with Crippen LogP contribution >= 0.6 is 0 Å². The summed E-state index contributed by atoms with van der Waals surface area (Å²) in [5, 5.41) is 0. The van der Waals surface area contributed by atoms with E-state index in [4.69, 9.17) is 15.2 Å². The van der Waals surface area contributed by atoms with Crippen LogP contribution in [0, 0.1) is 12.7 Å². The highest BCUT2D eigenvalue weighted by Crippen LogP contribution is 2.16. The number of carbonyl (C=O) groups is 1. The number of nitrogens with two attached hydrogens (primary N) is 1. The SMILES string of the molecule is Cc1ccccc1OCCOC(=O)c1ccc(F)cc1N. The summed E-state index contributed by atoms with van der Waals surface area (Å²) >= 11 is 0. The van der Waals surface area contributed by atoms with Crippen LogP contribution in [0.1, 0.15) is 15.9 Å². The number of anilines is 1. The molecule has 0 fully saturated rings. The first-order chi connectivity index (χ1) is 10.1. The number of ether oxygens (including phenoxy) is 2. The third-order valence-corrected chi connectivity index (χ3v) is 2.90. The second-order valence-electron chi connectivity index (χ2n) is 4.48. The molecule has 2 N–H and O–H groups in total. The van der Waals surface area contributed by atoms with Gasteiger partial charge in [-0.25, -0.2) is 9.18 Å². The van der Waals surface area contributed by atoms with E-state index in [-0.39, 0.29) is 24.5 Å². The summed E-state index contributed by atoms with van der Waals surface area (Å²) < 4.78 is 23.4. The molecule has 0 heterocycles. The summed E-state index contributed by atoms with van der Waals surface area (Å²) in [6.45, 7) is 2.25. The fraction of sp³-hybridized carbons (Fsp3) is 0.188. The van der Waals surface area contributed by atoms with Crippen molar-refractivity contribution >= 4 is 11.7 Å². The molecule has 5 heteroatoms. The molecule has 0 bridgehead atoms. The number of nitrogen functional groups attached to an aromatic ring is 1. The molecule has 0 saturated heterocycles. The van der Waals surface area contributed by atoms with E-state index >= 15 is 0 Å². The molecule has 2 aromatic rings. The third-order valence-electron chi connectivity index (χ3n) is 2.90. The summed E-state index contributed by atoms with van der Waals surface area (Å²) in [5.41, 5.74) is 6.77. The van der Waals surface area contributed by atoms with Crippen molar-refractivity contribution in [3.63, 3.8) is 0 Å². The smallest absolute Gasteiger partial charge is 0.340 e. The van der Waals surface area contributed by atoms with Gasteiger partial charge >= 0.3 is 5.97 Å². The monoisotopic (exact) mass is 289 g/mol. The molecular weight excluding hydrogens is 273 g/mol. The fourth-order valence-corrected chi connectivity index (χ4v) is 1.80. The molecule has 110 valence electrons. The average Bonchev–Trinajstić information content (AvgIpc) is 2.45. The number of esters is 1. The molecule has 2 aromatic carbocycles. The predicted octanol–water partition coefficient (Wildman–Crippen LogP) is 2.95. The van der Waals surface area contributed by atoms with Crippen molar-refractivity contribution < 1.29 is 18.7 Å². The summed E-state index contributed by atoms with van der Waals surface area (Å²) in [6, 6.07) is 11.1. The number of hydrogen-bond donors (Lipinski definition) is 1. The summed E-state index contributed by atoms with van der Waals surface area (Å²) in [6.07, 6.45) is 0. The van der Waals surface area contributed by atoms with Gasteiger partial charge in [0.25, 0.3) is 0 Å².